The van der Waals surface area contributed by atoms with E-state index < -0.39 is 0 Å². The second-order valence-electron chi connectivity index (χ2n) is 6.49. The highest BCUT2D eigenvalue weighted by atomic mass is 32.1. The van der Waals surface area contributed by atoms with Crippen molar-refractivity contribution in [2.75, 3.05) is 5.32 Å². The summed E-state index contributed by atoms with van der Waals surface area (Å²) in [6, 6.07) is 19.7. The topological polar surface area (TPSA) is 67.2 Å². The Kier molecular flexibility index (Phi) is 5.04. The van der Waals surface area contributed by atoms with Crippen LogP contribution in [0.1, 0.15) is 19.8 Å². The van der Waals surface area contributed by atoms with Gasteiger partial charge in [-0.25, -0.2) is 4.98 Å². The highest BCUT2D eigenvalue weighted by molar-refractivity contribution is 7.80. The van der Waals surface area contributed by atoms with Crippen molar-refractivity contribution >= 4 is 50.8 Å². The standard InChI is InChI=1S/C22H19N3O2S/c1-2-6-19(26)24-22(28)23-16-9-5-8-15(13-16)21-25-20-17-10-4-3-7-14(17)11-12-18(20)27-21/h3-5,7-13H,2,6H2,1H3,(H2,23,24,26,28). The van der Waals surface area contributed by atoms with E-state index in [0.29, 0.717) is 12.3 Å². The molecule has 0 aliphatic rings. The second kappa shape index (κ2) is 7.78. The van der Waals surface area contributed by atoms with Gasteiger partial charge in [0.1, 0.15) is 5.52 Å². The number of amides is 1. The van der Waals surface area contributed by atoms with Crippen LogP contribution >= 0.6 is 12.2 Å². The number of aromatic nitrogens is 1. The number of fused-ring (bicyclic) bond motifs is 3. The first-order valence-electron chi connectivity index (χ1n) is 9.13. The van der Waals surface area contributed by atoms with E-state index >= 15 is 0 Å². The first kappa shape index (κ1) is 18.1. The third-order valence-electron chi connectivity index (χ3n) is 4.38. The van der Waals surface area contributed by atoms with Crippen LogP contribution in [0.15, 0.2) is 65.1 Å². The Labute approximate surface area is 167 Å². The number of hydrogen-bond acceptors (Lipinski definition) is 4. The van der Waals surface area contributed by atoms with E-state index in [9.17, 15) is 4.79 Å². The average Bonchev–Trinajstić information content (AvgIpc) is 3.13. The predicted octanol–water partition coefficient (Wildman–Crippen LogP) is 5.26. The fraction of sp³-hybridized carbons (Fsp3) is 0.136. The van der Waals surface area contributed by atoms with Gasteiger partial charge in [-0.05, 0) is 48.3 Å². The molecule has 0 radical (unpaired) electrons. The number of thiocarbonyl (C=S) groups is 1. The molecule has 3 aromatic carbocycles. The Morgan fingerprint density at radius 3 is 2.82 bits per heavy atom. The molecule has 5 nitrogen and oxygen atoms in total. The summed E-state index contributed by atoms with van der Waals surface area (Å²) in [5, 5.41) is 8.17. The lowest BCUT2D eigenvalue weighted by Crippen LogP contribution is -2.33. The SMILES string of the molecule is CCCC(=O)NC(=S)Nc1cccc(-c2nc3c(ccc4ccccc43)o2)c1. The van der Waals surface area contributed by atoms with Gasteiger partial charge in [0.25, 0.3) is 0 Å². The van der Waals surface area contributed by atoms with E-state index in [4.69, 9.17) is 21.6 Å². The number of oxazole rings is 1. The highest BCUT2D eigenvalue weighted by Gasteiger charge is 2.12. The summed E-state index contributed by atoms with van der Waals surface area (Å²) in [5.41, 5.74) is 3.17. The summed E-state index contributed by atoms with van der Waals surface area (Å²) in [6.45, 7) is 1.95. The Hall–Kier alpha value is -3.25. The van der Waals surface area contributed by atoms with Gasteiger partial charge >= 0.3 is 0 Å². The van der Waals surface area contributed by atoms with Gasteiger partial charge in [0.2, 0.25) is 11.8 Å². The van der Waals surface area contributed by atoms with Crippen molar-refractivity contribution < 1.29 is 9.21 Å². The van der Waals surface area contributed by atoms with E-state index in [0.717, 1.165) is 39.5 Å². The van der Waals surface area contributed by atoms with Crippen molar-refractivity contribution in [2.45, 2.75) is 19.8 Å². The first-order chi connectivity index (χ1) is 13.6. The number of hydrogen-bond donors (Lipinski definition) is 2. The van der Waals surface area contributed by atoms with Crippen molar-refractivity contribution in [3.05, 3.63) is 60.7 Å². The largest absolute Gasteiger partial charge is 0.436 e. The molecule has 0 saturated heterocycles. The summed E-state index contributed by atoms with van der Waals surface area (Å²) in [7, 11) is 0. The number of anilines is 1. The number of benzene rings is 3. The summed E-state index contributed by atoms with van der Waals surface area (Å²) < 4.78 is 5.98. The molecular formula is C22H19N3O2S. The van der Waals surface area contributed by atoms with Crippen LogP contribution in [-0.2, 0) is 4.79 Å². The third-order valence-corrected chi connectivity index (χ3v) is 4.59. The average molecular weight is 389 g/mol. The molecule has 0 bridgehead atoms. The molecule has 1 aromatic heterocycles. The molecule has 0 aliphatic carbocycles. The fourth-order valence-electron chi connectivity index (χ4n) is 3.09. The van der Waals surface area contributed by atoms with Gasteiger partial charge in [0, 0.05) is 23.1 Å². The summed E-state index contributed by atoms with van der Waals surface area (Å²) in [5.74, 6) is 0.443. The Morgan fingerprint density at radius 1 is 1.11 bits per heavy atom. The maximum absolute atomic E-state index is 11.7. The fourth-order valence-corrected chi connectivity index (χ4v) is 3.33. The molecule has 140 valence electrons. The van der Waals surface area contributed by atoms with E-state index in [1.807, 2.05) is 61.5 Å². The van der Waals surface area contributed by atoms with Gasteiger partial charge in [-0.15, -0.1) is 0 Å². The third kappa shape index (κ3) is 3.73. The summed E-state index contributed by atoms with van der Waals surface area (Å²) in [6.07, 6.45) is 1.22. The first-order valence-corrected chi connectivity index (χ1v) is 9.54. The van der Waals surface area contributed by atoms with Crippen molar-refractivity contribution in [3.63, 3.8) is 0 Å². The zero-order valence-corrected chi connectivity index (χ0v) is 16.2. The normalized spacial score (nSPS) is 10.9. The second-order valence-corrected chi connectivity index (χ2v) is 6.89. The maximum atomic E-state index is 11.7. The van der Waals surface area contributed by atoms with Crippen LogP contribution in [0, 0.1) is 0 Å². The van der Waals surface area contributed by atoms with Gasteiger partial charge in [0.05, 0.1) is 0 Å². The van der Waals surface area contributed by atoms with Crippen LogP contribution < -0.4 is 10.6 Å². The monoisotopic (exact) mass is 389 g/mol. The zero-order valence-electron chi connectivity index (χ0n) is 15.4. The van der Waals surface area contributed by atoms with E-state index in [1.165, 1.54) is 0 Å². The minimum absolute atomic E-state index is 0.0954. The molecule has 1 heterocycles. The van der Waals surface area contributed by atoms with Gasteiger partial charge in [-0.2, -0.15) is 0 Å². The zero-order chi connectivity index (χ0) is 19.5. The van der Waals surface area contributed by atoms with Crippen molar-refractivity contribution in [3.8, 4) is 11.5 Å². The molecule has 2 N–H and O–H groups in total. The van der Waals surface area contributed by atoms with Crippen molar-refractivity contribution in [1.29, 1.82) is 0 Å². The smallest absolute Gasteiger partial charge is 0.227 e. The predicted molar refractivity (Wildman–Crippen MR) is 116 cm³/mol. The highest BCUT2D eigenvalue weighted by Crippen LogP contribution is 2.30. The number of carbonyl (C=O) groups excluding carboxylic acids is 1. The van der Waals surface area contributed by atoms with E-state index in [1.54, 1.807) is 0 Å². The minimum atomic E-state index is -0.0954. The van der Waals surface area contributed by atoms with Crippen LogP contribution in [0.25, 0.3) is 33.3 Å². The van der Waals surface area contributed by atoms with Crippen LogP contribution in [-0.4, -0.2) is 16.0 Å². The summed E-state index contributed by atoms with van der Waals surface area (Å²) >= 11 is 5.21. The molecule has 28 heavy (non-hydrogen) atoms. The van der Waals surface area contributed by atoms with Crippen LogP contribution in [0.3, 0.4) is 0 Å². The van der Waals surface area contributed by atoms with Crippen LogP contribution in [0.2, 0.25) is 0 Å². The molecule has 4 aromatic rings. The molecule has 6 heteroatoms. The Balaban J connectivity index is 1.61. The lowest BCUT2D eigenvalue weighted by atomic mass is 10.1. The Morgan fingerprint density at radius 2 is 1.96 bits per heavy atom. The molecule has 0 fully saturated rings. The molecule has 0 unspecified atom stereocenters. The molecule has 0 spiro atoms. The molecule has 1 amide bonds. The quantitative estimate of drug-likeness (QED) is 0.466. The van der Waals surface area contributed by atoms with Gasteiger partial charge in [0.15, 0.2) is 10.7 Å². The number of rotatable bonds is 4. The lowest BCUT2D eigenvalue weighted by Gasteiger charge is -2.09. The Bertz CT molecular complexity index is 1180. The van der Waals surface area contributed by atoms with Crippen molar-refractivity contribution in [2.24, 2.45) is 0 Å². The molecule has 0 atom stereocenters. The molecular weight excluding hydrogens is 370 g/mol. The molecule has 0 aliphatic heterocycles. The summed E-state index contributed by atoms with van der Waals surface area (Å²) in [4.78, 5) is 16.4. The van der Waals surface area contributed by atoms with Crippen LogP contribution in [0.4, 0.5) is 5.69 Å². The number of carbonyl (C=O) groups is 1. The van der Waals surface area contributed by atoms with Crippen molar-refractivity contribution in [1.82, 2.24) is 10.3 Å². The lowest BCUT2D eigenvalue weighted by molar-refractivity contribution is -0.119. The maximum Gasteiger partial charge on any atom is 0.227 e. The van der Waals surface area contributed by atoms with Gasteiger partial charge in [-0.3, -0.25) is 4.79 Å². The van der Waals surface area contributed by atoms with Gasteiger partial charge in [-0.1, -0.05) is 43.3 Å². The van der Waals surface area contributed by atoms with E-state index in [-0.39, 0.29) is 11.0 Å². The molecule has 0 saturated carbocycles. The molecule has 4 rings (SSSR count). The number of nitrogens with one attached hydrogen (secondary N) is 2. The van der Waals surface area contributed by atoms with Crippen LogP contribution in [0.5, 0.6) is 0 Å². The minimum Gasteiger partial charge on any atom is -0.436 e. The van der Waals surface area contributed by atoms with E-state index in [2.05, 4.69) is 16.7 Å². The van der Waals surface area contributed by atoms with Gasteiger partial charge < -0.3 is 15.1 Å². The number of nitrogens with zero attached hydrogens (tertiary/aromatic N) is 1.